The van der Waals surface area contributed by atoms with Crippen molar-refractivity contribution in [2.45, 2.75) is 25.3 Å². The molecule has 0 saturated carbocycles. The van der Waals surface area contributed by atoms with Crippen LogP contribution in [0.25, 0.3) is 0 Å². The summed E-state index contributed by atoms with van der Waals surface area (Å²) in [6.07, 6.45) is 1.25. The number of hydrogen-bond donors (Lipinski definition) is 1. The number of rotatable bonds is 2. The standard InChI is InChI=1S/C11H12BrNO3S/c1-11(10(15)16)3-2-4-13(11)9(14)7-5-8(12)17-6-7/h5-6H,2-4H2,1H3,(H,15,16). The number of carboxylic acid groups (broad SMARTS) is 1. The van der Waals surface area contributed by atoms with Crippen LogP contribution in [0.1, 0.15) is 30.1 Å². The second-order valence-electron chi connectivity index (χ2n) is 4.28. The van der Waals surface area contributed by atoms with Gasteiger partial charge in [0.25, 0.3) is 5.91 Å². The van der Waals surface area contributed by atoms with Crippen LogP contribution in [0.2, 0.25) is 0 Å². The maximum absolute atomic E-state index is 12.2. The molecule has 0 bridgehead atoms. The molecule has 1 aliphatic rings. The van der Waals surface area contributed by atoms with Gasteiger partial charge in [-0.1, -0.05) is 0 Å². The summed E-state index contributed by atoms with van der Waals surface area (Å²) in [6.45, 7) is 2.12. The smallest absolute Gasteiger partial charge is 0.329 e. The highest BCUT2D eigenvalue weighted by Crippen LogP contribution is 2.32. The van der Waals surface area contributed by atoms with Gasteiger partial charge in [0.1, 0.15) is 5.54 Å². The summed E-state index contributed by atoms with van der Waals surface area (Å²) in [7, 11) is 0. The van der Waals surface area contributed by atoms with Crippen LogP contribution in [-0.4, -0.2) is 34.0 Å². The molecule has 1 atom stereocenters. The van der Waals surface area contributed by atoms with E-state index >= 15 is 0 Å². The van der Waals surface area contributed by atoms with Gasteiger partial charge in [-0.05, 0) is 41.8 Å². The molecule has 0 aromatic carbocycles. The second-order valence-corrected chi connectivity index (χ2v) is 6.57. The van der Waals surface area contributed by atoms with Gasteiger partial charge in [-0.25, -0.2) is 4.79 Å². The fourth-order valence-corrected chi connectivity index (χ4v) is 3.22. The zero-order chi connectivity index (χ0) is 12.6. The summed E-state index contributed by atoms with van der Waals surface area (Å²) in [5.41, 5.74) is -0.512. The molecule has 1 N–H and O–H groups in total. The normalized spacial score (nSPS) is 24.0. The number of carbonyl (C=O) groups excluding carboxylic acids is 1. The number of hydrogen-bond acceptors (Lipinski definition) is 3. The first-order chi connectivity index (χ1) is 7.95. The first-order valence-electron chi connectivity index (χ1n) is 5.24. The van der Waals surface area contributed by atoms with Crippen LogP contribution in [0.15, 0.2) is 15.2 Å². The van der Waals surface area contributed by atoms with E-state index in [0.29, 0.717) is 18.5 Å². The predicted molar refractivity (Wildman–Crippen MR) is 68.3 cm³/mol. The van der Waals surface area contributed by atoms with Crippen molar-refractivity contribution in [3.8, 4) is 0 Å². The average molecular weight is 318 g/mol. The first-order valence-corrected chi connectivity index (χ1v) is 6.92. The first kappa shape index (κ1) is 12.6. The van der Waals surface area contributed by atoms with Gasteiger partial charge in [0.05, 0.1) is 9.35 Å². The van der Waals surface area contributed by atoms with Crippen LogP contribution in [0.3, 0.4) is 0 Å². The number of thiophene rings is 1. The van der Waals surface area contributed by atoms with Gasteiger partial charge in [0.15, 0.2) is 0 Å². The minimum Gasteiger partial charge on any atom is -0.480 e. The van der Waals surface area contributed by atoms with Gasteiger partial charge in [0, 0.05) is 11.9 Å². The van der Waals surface area contributed by atoms with E-state index in [4.69, 9.17) is 0 Å². The lowest BCUT2D eigenvalue weighted by Gasteiger charge is -2.30. The Morgan fingerprint density at radius 3 is 2.82 bits per heavy atom. The van der Waals surface area contributed by atoms with Crippen molar-refractivity contribution in [1.29, 1.82) is 0 Å². The SMILES string of the molecule is CC1(C(=O)O)CCCN1C(=O)c1csc(Br)c1. The van der Waals surface area contributed by atoms with Crippen LogP contribution < -0.4 is 0 Å². The van der Waals surface area contributed by atoms with Crippen molar-refractivity contribution in [2.24, 2.45) is 0 Å². The van der Waals surface area contributed by atoms with Crippen molar-refractivity contribution in [2.75, 3.05) is 6.54 Å². The van der Waals surface area contributed by atoms with Crippen molar-refractivity contribution < 1.29 is 14.7 Å². The molecule has 0 aliphatic carbocycles. The summed E-state index contributed by atoms with van der Waals surface area (Å²) < 4.78 is 0.872. The fourth-order valence-electron chi connectivity index (χ4n) is 2.09. The van der Waals surface area contributed by atoms with Crippen LogP contribution in [0, 0.1) is 0 Å². The summed E-state index contributed by atoms with van der Waals surface area (Å²) in [5, 5.41) is 11.0. The average Bonchev–Trinajstić information content (AvgIpc) is 2.85. The highest BCUT2D eigenvalue weighted by atomic mass is 79.9. The van der Waals surface area contributed by atoms with Gasteiger partial charge < -0.3 is 10.0 Å². The van der Waals surface area contributed by atoms with Gasteiger partial charge in [-0.3, -0.25) is 4.79 Å². The largest absolute Gasteiger partial charge is 0.480 e. The Labute approximate surface area is 111 Å². The highest BCUT2D eigenvalue weighted by Gasteiger charge is 2.46. The Morgan fingerprint density at radius 2 is 2.29 bits per heavy atom. The lowest BCUT2D eigenvalue weighted by molar-refractivity contribution is -0.147. The molecule has 1 aliphatic heterocycles. The Kier molecular flexibility index (Phi) is 3.27. The zero-order valence-electron chi connectivity index (χ0n) is 9.27. The number of nitrogens with zero attached hydrogens (tertiary/aromatic N) is 1. The fraction of sp³-hybridized carbons (Fsp3) is 0.455. The number of aliphatic carboxylic acids is 1. The number of halogens is 1. The Hall–Kier alpha value is -0.880. The third kappa shape index (κ3) is 2.11. The van der Waals surface area contributed by atoms with Gasteiger partial charge >= 0.3 is 5.97 Å². The monoisotopic (exact) mass is 317 g/mol. The third-order valence-corrected chi connectivity index (χ3v) is 4.67. The number of carbonyl (C=O) groups is 2. The van der Waals surface area contributed by atoms with E-state index in [1.165, 1.54) is 16.2 Å². The molecule has 1 aromatic heterocycles. The maximum atomic E-state index is 12.2. The number of carboxylic acids is 1. The van der Waals surface area contributed by atoms with Crippen LogP contribution in [-0.2, 0) is 4.79 Å². The van der Waals surface area contributed by atoms with Crippen LogP contribution in [0.4, 0.5) is 0 Å². The van der Waals surface area contributed by atoms with Gasteiger partial charge in [-0.2, -0.15) is 0 Å². The van der Waals surface area contributed by atoms with E-state index in [0.717, 1.165) is 10.2 Å². The summed E-state index contributed by atoms with van der Waals surface area (Å²) in [6, 6.07) is 1.73. The molecule has 17 heavy (non-hydrogen) atoms. The lowest BCUT2D eigenvalue weighted by atomic mass is 9.99. The molecule has 92 valence electrons. The van der Waals surface area contributed by atoms with E-state index in [1.807, 2.05) is 0 Å². The lowest BCUT2D eigenvalue weighted by Crippen LogP contribution is -2.50. The van der Waals surface area contributed by atoms with E-state index in [1.54, 1.807) is 18.4 Å². The molecule has 1 aromatic rings. The molecule has 6 heteroatoms. The zero-order valence-corrected chi connectivity index (χ0v) is 11.7. The minimum atomic E-state index is -1.06. The molecule has 4 nitrogen and oxygen atoms in total. The summed E-state index contributed by atoms with van der Waals surface area (Å²) in [5.74, 6) is -1.13. The Morgan fingerprint density at radius 1 is 1.59 bits per heavy atom. The molecule has 1 unspecified atom stereocenters. The summed E-state index contributed by atoms with van der Waals surface area (Å²) in [4.78, 5) is 25.0. The Bertz CT molecular complexity index is 473. The molecular weight excluding hydrogens is 306 g/mol. The van der Waals surface area contributed by atoms with Gasteiger partial charge in [0.2, 0.25) is 0 Å². The second kappa shape index (κ2) is 4.42. The molecule has 2 rings (SSSR count). The molecule has 2 heterocycles. The molecule has 1 saturated heterocycles. The van der Waals surface area contributed by atoms with Crippen molar-refractivity contribution >= 4 is 39.1 Å². The third-order valence-electron chi connectivity index (χ3n) is 3.16. The molecule has 0 radical (unpaired) electrons. The summed E-state index contributed by atoms with van der Waals surface area (Å²) >= 11 is 4.72. The molecule has 1 amide bonds. The Balaban J connectivity index is 2.28. The van der Waals surface area contributed by atoms with Crippen molar-refractivity contribution in [3.05, 3.63) is 20.8 Å². The molecule has 1 fully saturated rings. The van der Waals surface area contributed by atoms with E-state index in [9.17, 15) is 14.7 Å². The minimum absolute atomic E-state index is 0.200. The quantitative estimate of drug-likeness (QED) is 0.912. The molecular formula is C11H12BrNO3S. The van der Waals surface area contributed by atoms with Crippen molar-refractivity contribution in [3.63, 3.8) is 0 Å². The number of likely N-dealkylation sites (tertiary alicyclic amines) is 1. The van der Waals surface area contributed by atoms with Crippen molar-refractivity contribution in [1.82, 2.24) is 4.90 Å². The van der Waals surface area contributed by atoms with E-state index < -0.39 is 11.5 Å². The number of amides is 1. The van der Waals surface area contributed by atoms with E-state index in [-0.39, 0.29) is 5.91 Å². The van der Waals surface area contributed by atoms with Gasteiger partial charge in [-0.15, -0.1) is 11.3 Å². The topological polar surface area (TPSA) is 57.6 Å². The van der Waals surface area contributed by atoms with Crippen LogP contribution >= 0.6 is 27.3 Å². The molecule has 0 spiro atoms. The van der Waals surface area contributed by atoms with E-state index in [2.05, 4.69) is 15.9 Å². The maximum Gasteiger partial charge on any atom is 0.329 e. The predicted octanol–water partition coefficient (Wildman–Crippen LogP) is 2.59. The highest BCUT2D eigenvalue weighted by molar-refractivity contribution is 9.11. The van der Waals surface area contributed by atoms with Crippen LogP contribution in [0.5, 0.6) is 0 Å².